The normalized spacial score (nSPS) is 15.3. The molecule has 11 nitrogen and oxygen atoms in total. The van der Waals surface area contributed by atoms with Gasteiger partial charge in [-0.15, -0.1) is 0 Å². The van der Waals surface area contributed by atoms with Gasteiger partial charge in [-0.3, -0.25) is 20.6 Å². The number of rotatable bonds is 14. The van der Waals surface area contributed by atoms with Crippen LogP contribution >= 0.6 is 0 Å². The van der Waals surface area contributed by atoms with Crippen LogP contribution in [0, 0.1) is 17.2 Å². The number of hydrogen-bond donors (Lipinski definition) is 3. The van der Waals surface area contributed by atoms with Gasteiger partial charge >= 0.3 is 12.2 Å². The summed E-state index contributed by atoms with van der Waals surface area (Å²) in [5, 5.41) is 17.4. The number of unbranched alkanes of at least 4 members (excludes halogenated alkanes) is 6. The summed E-state index contributed by atoms with van der Waals surface area (Å²) in [4.78, 5) is 32.9. The summed E-state index contributed by atoms with van der Waals surface area (Å²) in [6.45, 7) is 14.3. The second-order valence-electron chi connectivity index (χ2n) is 12.0. The van der Waals surface area contributed by atoms with Crippen LogP contribution < -0.4 is 16.0 Å². The highest BCUT2D eigenvalue weighted by atomic mass is 16.6. The Morgan fingerprint density at radius 1 is 0.900 bits per heavy atom. The summed E-state index contributed by atoms with van der Waals surface area (Å²) in [5.41, 5.74) is -1.33. The predicted molar refractivity (Wildman–Crippen MR) is 157 cm³/mol. The molecule has 1 atom stereocenters. The molecule has 0 radical (unpaired) electrons. The average molecular weight is 565 g/mol. The molecule has 0 aromatic rings. The number of guanidine groups is 1. The summed E-state index contributed by atoms with van der Waals surface area (Å²) in [7, 11) is 0. The fourth-order valence-corrected chi connectivity index (χ4v) is 3.74. The maximum Gasteiger partial charge on any atom is 0.414 e. The molecule has 1 unspecified atom stereocenters. The van der Waals surface area contributed by atoms with Gasteiger partial charge in [0.1, 0.15) is 11.2 Å². The van der Waals surface area contributed by atoms with Gasteiger partial charge in [-0.05, 0) is 86.7 Å². The molecule has 0 aromatic carbocycles. The van der Waals surface area contributed by atoms with Crippen LogP contribution in [0.25, 0.3) is 0 Å². The third kappa shape index (κ3) is 20.1. The second-order valence-corrected chi connectivity index (χ2v) is 12.0. The van der Waals surface area contributed by atoms with Crippen molar-refractivity contribution in [2.45, 2.75) is 117 Å². The van der Waals surface area contributed by atoms with Gasteiger partial charge in [0, 0.05) is 13.0 Å². The number of hydrogen-bond acceptors (Lipinski definition) is 9. The van der Waals surface area contributed by atoms with Crippen molar-refractivity contribution in [2.75, 3.05) is 32.8 Å². The number of aliphatic imine (C=N–C) groups is 2. The molecule has 0 saturated heterocycles. The molecule has 228 valence electrons. The molecule has 2 amide bonds. The largest absolute Gasteiger partial charge is 0.481 e. The zero-order valence-electron chi connectivity index (χ0n) is 25.6. The van der Waals surface area contributed by atoms with E-state index in [0.717, 1.165) is 76.8 Å². The van der Waals surface area contributed by atoms with E-state index in [2.05, 4.69) is 32.0 Å². The number of nitrogens with zero attached hydrogens (tertiary/aromatic N) is 3. The van der Waals surface area contributed by atoms with Crippen LogP contribution in [0.15, 0.2) is 9.98 Å². The Balaban J connectivity index is 2.11. The Kier molecular flexibility index (Phi) is 16.9. The molecule has 0 saturated carbocycles. The van der Waals surface area contributed by atoms with E-state index >= 15 is 0 Å². The molecule has 0 aliphatic carbocycles. The van der Waals surface area contributed by atoms with Gasteiger partial charge in [-0.25, -0.2) is 9.59 Å². The molecule has 1 rings (SSSR count). The zero-order chi connectivity index (χ0) is 29.9. The highest BCUT2D eigenvalue weighted by Gasteiger charge is 2.21. The lowest BCUT2D eigenvalue weighted by atomic mass is 10.0. The third-order valence-corrected chi connectivity index (χ3v) is 5.66. The molecule has 0 aromatic heterocycles. The van der Waals surface area contributed by atoms with Crippen LogP contribution in [0.5, 0.6) is 0 Å². The average Bonchev–Trinajstić information content (AvgIpc) is 2.84. The van der Waals surface area contributed by atoms with Crippen molar-refractivity contribution in [1.29, 1.82) is 5.26 Å². The second kappa shape index (κ2) is 19.2. The third-order valence-electron chi connectivity index (χ3n) is 5.66. The topological polar surface area (TPSA) is 146 Å². The highest BCUT2D eigenvalue weighted by Crippen LogP contribution is 2.14. The van der Waals surface area contributed by atoms with Crippen molar-refractivity contribution in [2.24, 2.45) is 15.9 Å². The molecule has 40 heavy (non-hydrogen) atoms. The summed E-state index contributed by atoms with van der Waals surface area (Å²) in [5.74, 6) is 0.882. The van der Waals surface area contributed by atoms with E-state index in [4.69, 9.17) is 19.5 Å². The van der Waals surface area contributed by atoms with Crippen LogP contribution in [0.2, 0.25) is 0 Å². The predicted octanol–water partition coefficient (Wildman–Crippen LogP) is 5.45. The Labute approximate surface area is 240 Å². The number of nitrogens with one attached hydrogen (secondary N) is 3. The Morgan fingerprint density at radius 2 is 1.45 bits per heavy atom. The first kappa shape index (κ1) is 35.2. The minimum absolute atomic E-state index is 0.0256. The summed E-state index contributed by atoms with van der Waals surface area (Å²) in [6, 6.07) is 2.26. The Bertz CT molecular complexity index is 822. The molecular formula is C29H52N6O5. The van der Waals surface area contributed by atoms with Crippen molar-refractivity contribution >= 4 is 24.0 Å². The Morgan fingerprint density at radius 3 is 1.98 bits per heavy atom. The highest BCUT2D eigenvalue weighted by molar-refractivity contribution is 6.01. The first-order valence-electron chi connectivity index (χ1n) is 14.7. The minimum Gasteiger partial charge on any atom is -0.481 e. The van der Waals surface area contributed by atoms with E-state index in [1.807, 2.05) is 0 Å². The molecule has 1 aliphatic heterocycles. The van der Waals surface area contributed by atoms with Crippen molar-refractivity contribution in [3.63, 3.8) is 0 Å². The zero-order valence-corrected chi connectivity index (χ0v) is 25.6. The fourth-order valence-electron chi connectivity index (χ4n) is 3.74. The molecule has 0 spiro atoms. The van der Waals surface area contributed by atoms with Crippen molar-refractivity contribution in [1.82, 2.24) is 16.0 Å². The van der Waals surface area contributed by atoms with Gasteiger partial charge in [0.2, 0.25) is 5.96 Å². The van der Waals surface area contributed by atoms with E-state index in [1.54, 1.807) is 41.5 Å². The molecule has 0 bridgehead atoms. The summed E-state index contributed by atoms with van der Waals surface area (Å²) in [6.07, 6.45) is 8.79. The van der Waals surface area contributed by atoms with Crippen LogP contribution in [0.3, 0.4) is 0 Å². The monoisotopic (exact) mass is 564 g/mol. The van der Waals surface area contributed by atoms with Crippen molar-refractivity contribution in [3.8, 4) is 6.07 Å². The van der Waals surface area contributed by atoms with Gasteiger partial charge in [0.25, 0.3) is 0 Å². The molecule has 0 fully saturated rings. The number of carbonyl (C=O) groups excluding carboxylic acids is 2. The molecule has 11 heteroatoms. The van der Waals surface area contributed by atoms with Crippen molar-refractivity contribution < 1.29 is 23.8 Å². The number of amides is 2. The molecule has 3 N–H and O–H groups in total. The molecular weight excluding hydrogens is 512 g/mol. The quantitative estimate of drug-likeness (QED) is 0.144. The summed E-state index contributed by atoms with van der Waals surface area (Å²) < 4.78 is 16.2. The van der Waals surface area contributed by atoms with E-state index in [-0.39, 0.29) is 11.9 Å². The van der Waals surface area contributed by atoms with Crippen LogP contribution in [0.1, 0.15) is 106 Å². The van der Waals surface area contributed by atoms with Crippen LogP contribution in [-0.2, 0) is 14.2 Å². The first-order valence-corrected chi connectivity index (χ1v) is 14.7. The molecule has 1 aliphatic rings. The van der Waals surface area contributed by atoms with Gasteiger partial charge < -0.3 is 19.5 Å². The maximum atomic E-state index is 12.1. The fraction of sp³-hybridized carbons (Fsp3) is 0.828. The van der Waals surface area contributed by atoms with Crippen molar-refractivity contribution in [3.05, 3.63) is 0 Å². The smallest absolute Gasteiger partial charge is 0.414 e. The van der Waals surface area contributed by atoms with Crippen LogP contribution in [0.4, 0.5) is 9.59 Å². The molecule has 1 heterocycles. The van der Waals surface area contributed by atoms with Crippen LogP contribution in [-0.4, -0.2) is 68.0 Å². The first-order chi connectivity index (χ1) is 18.9. The lowest BCUT2D eigenvalue weighted by Crippen LogP contribution is -2.47. The van der Waals surface area contributed by atoms with E-state index in [1.165, 1.54) is 6.42 Å². The van der Waals surface area contributed by atoms with Gasteiger partial charge in [-0.2, -0.15) is 5.26 Å². The Hall–Kier alpha value is -2.87. The number of nitriles is 1. The number of carbonyl (C=O) groups is 2. The van der Waals surface area contributed by atoms with Gasteiger partial charge in [-0.1, -0.05) is 25.7 Å². The standard InChI is InChI=1S/C29H52N6O5/c1-28(2,3)39-26(36)34-25(35-27(37)40-29(4,5)6)32-19-12-10-8-7-9-11-17-31-18-13-14-20-38-24-16-15-23(21-30)22-33-24/h23,31H,7-20,22H2,1-6H3,(H2,32,34,35,36,37). The number of alkyl carbamates (subject to hydrolysis) is 2. The number of ether oxygens (including phenoxy) is 3. The van der Waals surface area contributed by atoms with E-state index in [9.17, 15) is 9.59 Å². The van der Waals surface area contributed by atoms with Gasteiger partial charge in [0.05, 0.1) is 25.1 Å². The van der Waals surface area contributed by atoms with E-state index < -0.39 is 23.4 Å². The minimum atomic E-state index is -0.686. The summed E-state index contributed by atoms with van der Waals surface area (Å²) >= 11 is 0. The SMILES string of the molecule is CC(C)(C)OC(=O)NC(=NCCCCCCCCNCCCCOC1=NCC(C#N)CC1)NC(=O)OC(C)(C)C. The lowest BCUT2D eigenvalue weighted by molar-refractivity contribution is 0.0545. The maximum absolute atomic E-state index is 12.1. The van der Waals surface area contributed by atoms with Gasteiger partial charge in [0.15, 0.2) is 5.90 Å². The van der Waals surface area contributed by atoms with E-state index in [0.29, 0.717) is 19.7 Å². The lowest BCUT2D eigenvalue weighted by Gasteiger charge is -2.22.